The van der Waals surface area contributed by atoms with E-state index >= 15 is 0 Å². The average molecular weight is 316 g/mol. The molecule has 23 heavy (non-hydrogen) atoms. The van der Waals surface area contributed by atoms with Crippen molar-refractivity contribution in [1.29, 1.82) is 5.26 Å². The highest BCUT2D eigenvalue weighted by Gasteiger charge is 2.24. The Balaban J connectivity index is 1.55. The van der Waals surface area contributed by atoms with Gasteiger partial charge in [0.15, 0.2) is 5.82 Å². The Morgan fingerprint density at radius 1 is 1.30 bits per heavy atom. The largest absolute Gasteiger partial charge is 0.331 e. The molecule has 1 saturated carbocycles. The van der Waals surface area contributed by atoms with E-state index in [1.165, 1.54) is 19.3 Å². The van der Waals surface area contributed by atoms with Crippen molar-refractivity contribution in [3.8, 4) is 6.07 Å². The SMILES string of the molecule is N#C[C@@H]1CCCN(C(=O)NCc2nncn2C2CCCCC2)C1. The first kappa shape index (κ1) is 15.8. The summed E-state index contributed by atoms with van der Waals surface area (Å²) in [6.07, 6.45) is 9.68. The number of hydrogen-bond donors (Lipinski definition) is 1. The second kappa shape index (κ2) is 7.44. The normalized spacial score (nSPS) is 22.6. The highest BCUT2D eigenvalue weighted by molar-refractivity contribution is 5.74. The molecule has 3 rings (SSSR count). The number of carbonyl (C=O) groups excluding carboxylic acids is 1. The van der Waals surface area contributed by atoms with Crippen molar-refractivity contribution < 1.29 is 4.79 Å². The van der Waals surface area contributed by atoms with Gasteiger partial charge in [-0.15, -0.1) is 10.2 Å². The first-order valence-electron chi connectivity index (χ1n) is 8.58. The van der Waals surface area contributed by atoms with Gasteiger partial charge in [0.1, 0.15) is 6.33 Å². The van der Waals surface area contributed by atoms with Gasteiger partial charge in [-0.1, -0.05) is 19.3 Å². The molecule has 7 nitrogen and oxygen atoms in total. The molecule has 124 valence electrons. The zero-order chi connectivity index (χ0) is 16.1. The smallest absolute Gasteiger partial charge is 0.317 e. The molecule has 0 spiro atoms. The van der Waals surface area contributed by atoms with Crippen molar-refractivity contribution in [3.05, 3.63) is 12.2 Å². The highest BCUT2D eigenvalue weighted by atomic mass is 16.2. The molecule has 2 aliphatic rings. The molecule has 0 aromatic carbocycles. The van der Waals surface area contributed by atoms with Crippen LogP contribution in [-0.2, 0) is 6.54 Å². The van der Waals surface area contributed by atoms with Crippen molar-refractivity contribution in [2.24, 2.45) is 5.92 Å². The number of carbonyl (C=O) groups is 1. The molecule has 1 aliphatic carbocycles. The van der Waals surface area contributed by atoms with Crippen molar-refractivity contribution in [3.63, 3.8) is 0 Å². The van der Waals surface area contributed by atoms with Crippen LogP contribution >= 0.6 is 0 Å². The molecule has 1 N–H and O–H groups in total. The number of aromatic nitrogens is 3. The lowest BCUT2D eigenvalue weighted by molar-refractivity contribution is 0.175. The van der Waals surface area contributed by atoms with Gasteiger partial charge in [0.25, 0.3) is 0 Å². The minimum absolute atomic E-state index is 0.0413. The number of nitriles is 1. The van der Waals surface area contributed by atoms with E-state index in [2.05, 4.69) is 26.2 Å². The van der Waals surface area contributed by atoms with Gasteiger partial charge >= 0.3 is 6.03 Å². The van der Waals surface area contributed by atoms with Crippen LogP contribution in [0.3, 0.4) is 0 Å². The summed E-state index contributed by atoms with van der Waals surface area (Å²) in [6.45, 7) is 1.64. The maximum atomic E-state index is 12.3. The molecule has 2 heterocycles. The first-order valence-corrected chi connectivity index (χ1v) is 8.58. The molecule has 1 aromatic rings. The Kier molecular flexibility index (Phi) is 5.11. The van der Waals surface area contributed by atoms with Crippen LogP contribution in [0.15, 0.2) is 6.33 Å². The summed E-state index contributed by atoms with van der Waals surface area (Å²) in [5.41, 5.74) is 0. The lowest BCUT2D eigenvalue weighted by Gasteiger charge is -2.29. The van der Waals surface area contributed by atoms with E-state index in [1.54, 1.807) is 11.2 Å². The van der Waals surface area contributed by atoms with E-state index in [-0.39, 0.29) is 11.9 Å². The third-order valence-electron chi connectivity index (χ3n) is 4.90. The number of urea groups is 1. The highest BCUT2D eigenvalue weighted by Crippen LogP contribution is 2.28. The third-order valence-corrected chi connectivity index (χ3v) is 4.90. The van der Waals surface area contributed by atoms with Crippen molar-refractivity contribution in [2.75, 3.05) is 13.1 Å². The van der Waals surface area contributed by atoms with Crippen LogP contribution in [0.1, 0.15) is 56.8 Å². The molecular formula is C16H24N6O. The predicted octanol–water partition coefficient (Wildman–Crippen LogP) is 2.23. The Hall–Kier alpha value is -2.10. The van der Waals surface area contributed by atoms with E-state index in [4.69, 9.17) is 5.26 Å². The number of hydrogen-bond acceptors (Lipinski definition) is 4. The lowest BCUT2D eigenvalue weighted by atomic mass is 9.95. The van der Waals surface area contributed by atoms with Gasteiger partial charge in [0.2, 0.25) is 0 Å². The topological polar surface area (TPSA) is 86.8 Å². The van der Waals surface area contributed by atoms with E-state index < -0.39 is 0 Å². The number of rotatable bonds is 3. The molecule has 0 radical (unpaired) electrons. The maximum absolute atomic E-state index is 12.3. The van der Waals surface area contributed by atoms with Crippen LogP contribution in [-0.4, -0.2) is 38.8 Å². The summed E-state index contributed by atoms with van der Waals surface area (Å²) in [5.74, 6) is 0.777. The molecular weight excluding hydrogens is 292 g/mol. The molecule has 1 aliphatic heterocycles. The summed E-state index contributed by atoms with van der Waals surface area (Å²) in [4.78, 5) is 14.0. The Bertz CT molecular complexity index is 571. The van der Waals surface area contributed by atoms with Crippen molar-refractivity contribution in [2.45, 2.75) is 57.5 Å². The molecule has 1 atom stereocenters. The lowest BCUT2D eigenvalue weighted by Crippen LogP contribution is -2.45. The van der Waals surface area contributed by atoms with Gasteiger partial charge in [0.05, 0.1) is 18.5 Å². The Morgan fingerprint density at radius 2 is 2.13 bits per heavy atom. The van der Waals surface area contributed by atoms with Crippen LogP contribution in [0, 0.1) is 17.2 Å². The summed E-state index contributed by atoms with van der Waals surface area (Å²) in [7, 11) is 0. The van der Waals surface area contributed by atoms with Gasteiger partial charge in [-0.2, -0.15) is 5.26 Å². The monoisotopic (exact) mass is 316 g/mol. The fourth-order valence-electron chi connectivity index (χ4n) is 3.59. The van der Waals surface area contributed by atoms with Crippen LogP contribution in [0.4, 0.5) is 4.79 Å². The van der Waals surface area contributed by atoms with Crippen LogP contribution in [0.2, 0.25) is 0 Å². The van der Waals surface area contributed by atoms with Crippen LogP contribution in [0.25, 0.3) is 0 Å². The minimum Gasteiger partial charge on any atom is -0.331 e. The molecule has 2 amide bonds. The number of nitrogens with one attached hydrogen (secondary N) is 1. The molecule has 1 aromatic heterocycles. The Labute approximate surface area is 136 Å². The zero-order valence-corrected chi connectivity index (χ0v) is 13.4. The summed E-state index contributed by atoms with van der Waals surface area (Å²) in [5, 5.41) is 20.1. The van der Waals surface area contributed by atoms with Crippen LogP contribution < -0.4 is 5.32 Å². The standard InChI is InChI=1S/C16H24N6O/c17-9-13-5-4-8-21(11-13)16(23)18-10-15-20-19-12-22(15)14-6-2-1-3-7-14/h12-14H,1-8,10-11H2,(H,18,23)/t13-/m0/s1. The summed E-state index contributed by atoms with van der Waals surface area (Å²) in [6, 6.07) is 2.62. The van der Waals surface area contributed by atoms with Gasteiger partial charge in [-0.05, 0) is 25.7 Å². The van der Waals surface area contributed by atoms with Gasteiger partial charge in [-0.25, -0.2) is 4.79 Å². The van der Waals surface area contributed by atoms with Gasteiger partial charge < -0.3 is 14.8 Å². The Morgan fingerprint density at radius 3 is 2.91 bits per heavy atom. The maximum Gasteiger partial charge on any atom is 0.317 e. The number of amides is 2. The van der Waals surface area contributed by atoms with Crippen molar-refractivity contribution >= 4 is 6.03 Å². The first-order chi connectivity index (χ1) is 11.3. The summed E-state index contributed by atoms with van der Waals surface area (Å²) < 4.78 is 2.12. The van der Waals surface area contributed by atoms with Crippen LogP contribution in [0.5, 0.6) is 0 Å². The van der Waals surface area contributed by atoms with E-state index in [0.29, 0.717) is 19.1 Å². The molecule has 2 fully saturated rings. The molecule has 1 saturated heterocycles. The van der Waals surface area contributed by atoms with E-state index in [1.807, 2.05) is 0 Å². The second-order valence-corrected chi connectivity index (χ2v) is 6.52. The van der Waals surface area contributed by atoms with Crippen molar-refractivity contribution in [1.82, 2.24) is 25.0 Å². The second-order valence-electron chi connectivity index (χ2n) is 6.52. The number of piperidine rings is 1. The number of likely N-dealkylation sites (tertiary alicyclic amines) is 1. The summed E-state index contributed by atoms with van der Waals surface area (Å²) >= 11 is 0. The minimum atomic E-state index is -0.108. The molecule has 0 unspecified atom stereocenters. The molecule has 7 heteroatoms. The van der Waals surface area contributed by atoms with E-state index in [0.717, 1.165) is 38.1 Å². The van der Waals surface area contributed by atoms with Gasteiger partial charge in [-0.3, -0.25) is 0 Å². The molecule has 0 bridgehead atoms. The van der Waals surface area contributed by atoms with E-state index in [9.17, 15) is 4.79 Å². The fourth-order valence-corrected chi connectivity index (χ4v) is 3.59. The average Bonchev–Trinajstić information content (AvgIpc) is 3.09. The zero-order valence-electron chi connectivity index (χ0n) is 13.4. The van der Waals surface area contributed by atoms with Gasteiger partial charge in [0, 0.05) is 19.1 Å². The predicted molar refractivity (Wildman–Crippen MR) is 84.3 cm³/mol. The number of nitrogens with zero attached hydrogens (tertiary/aromatic N) is 5. The quantitative estimate of drug-likeness (QED) is 0.926. The fraction of sp³-hybridized carbons (Fsp3) is 0.750. The third kappa shape index (κ3) is 3.81.